The molecule has 1 rings (SSSR count). The quantitative estimate of drug-likeness (QED) is 0.644. The van der Waals surface area contributed by atoms with Gasteiger partial charge >= 0.3 is 5.97 Å². The van der Waals surface area contributed by atoms with Gasteiger partial charge in [0.15, 0.2) is 0 Å². The normalized spacial score (nSPS) is 26.3. The Labute approximate surface area is 67.0 Å². The maximum Gasteiger partial charge on any atom is 0.307 e. The number of hydrogen-bond acceptors (Lipinski definition) is 2. The fourth-order valence-corrected chi connectivity index (χ4v) is 1.46. The predicted molar refractivity (Wildman–Crippen MR) is 42.5 cm³/mol. The van der Waals surface area contributed by atoms with Crippen molar-refractivity contribution in [2.45, 2.75) is 26.3 Å². The van der Waals surface area contributed by atoms with Gasteiger partial charge in [0.05, 0.1) is 5.92 Å². The van der Waals surface area contributed by atoms with Crippen LogP contribution < -0.4 is 0 Å². The van der Waals surface area contributed by atoms with Gasteiger partial charge in [-0.05, 0) is 26.8 Å². The molecule has 3 nitrogen and oxygen atoms in total. The van der Waals surface area contributed by atoms with E-state index >= 15 is 0 Å². The van der Waals surface area contributed by atoms with Crippen LogP contribution in [0.2, 0.25) is 0 Å². The van der Waals surface area contributed by atoms with Crippen molar-refractivity contribution in [2.75, 3.05) is 13.1 Å². The maximum atomic E-state index is 10.5. The van der Waals surface area contributed by atoms with Crippen LogP contribution in [0.15, 0.2) is 0 Å². The number of hydrogen-bond donors (Lipinski definition) is 1. The van der Waals surface area contributed by atoms with Crippen molar-refractivity contribution in [3.63, 3.8) is 0 Å². The molecule has 0 aromatic rings. The van der Waals surface area contributed by atoms with Gasteiger partial charge < -0.3 is 10.0 Å². The number of carbonyl (C=O) groups is 1. The van der Waals surface area contributed by atoms with Gasteiger partial charge in [-0.15, -0.1) is 0 Å². The summed E-state index contributed by atoms with van der Waals surface area (Å²) in [5.74, 6) is -0.773. The number of carboxylic acids is 1. The molecule has 0 amide bonds. The van der Waals surface area contributed by atoms with Gasteiger partial charge in [-0.25, -0.2) is 0 Å². The van der Waals surface area contributed by atoms with Crippen LogP contribution in [0.25, 0.3) is 0 Å². The van der Waals surface area contributed by atoms with Gasteiger partial charge in [-0.2, -0.15) is 0 Å². The van der Waals surface area contributed by atoms with Gasteiger partial charge in [0.1, 0.15) is 0 Å². The Morgan fingerprint density at radius 3 is 2.55 bits per heavy atom. The lowest BCUT2D eigenvalue weighted by molar-refractivity contribution is -0.141. The van der Waals surface area contributed by atoms with Crippen LogP contribution in [-0.2, 0) is 4.79 Å². The minimum absolute atomic E-state index is 0.127. The van der Waals surface area contributed by atoms with Gasteiger partial charge in [0.25, 0.3) is 0 Å². The highest BCUT2D eigenvalue weighted by molar-refractivity contribution is 5.70. The Balaban J connectivity index is 2.41. The third-order valence-corrected chi connectivity index (χ3v) is 2.30. The molecular formula is C8H15NO2. The number of nitrogens with zero attached hydrogens (tertiary/aromatic N) is 1. The zero-order valence-electron chi connectivity index (χ0n) is 7.08. The molecule has 11 heavy (non-hydrogen) atoms. The molecule has 1 aliphatic rings. The van der Waals surface area contributed by atoms with Crippen LogP contribution >= 0.6 is 0 Å². The monoisotopic (exact) mass is 157 g/mol. The van der Waals surface area contributed by atoms with Crippen LogP contribution in [0.3, 0.4) is 0 Å². The Kier molecular flexibility index (Phi) is 2.49. The molecule has 1 atom stereocenters. The van der Waals surface area contributed by atoms with Crippen LogP contribution in [0.5, 0.6) is 0 Å². The third kappa shape index (κ3) is 1.93. The van der Waals surface area contributed by atoms with Crippen molar-refractivity contribution in [1.29, 1.82) is 0 Å². The molecule has 3 heteroatoms. The van der Waals surface area contributed by atoms with E-state index in [-0.39, 0.29) is 5.92 Å². The Bertz CT molecular complexity index is 156. The lowest BCUT2D eigenvalue weighted by Gasteiger charge is -2.19. The van der Waals surface area contributed by atoms with Crippen LogP contribution in [-0.4, -0.2) is 35.1 Å². The molecule has 1 saturated heterocycles. The Morgan fingerprint density at radius 2 is 2.27 bits per heavy atom. The molecule has 1 aliphatic heterocycles. The molecule has 1 N–H and O–H groups in total. The van der Waals surface area contributed by atoms with E-state index in [0.29, 0.717) is 6.04 Å². The van der Waals surface area contributed by atoms with E-state index in [1.54, 1.807) is 0 Å². The van der Waals surface area contributed by atoms with Crippen molar-refractivity contribution in [2.24, 2.45) is 5.92 Å². The molecule has 0 unspecified atom stereocenters. The van der Waals surface area contributed by atoms with E-state index in [0.717, 1.165) is 19.5 Å². The second-order valence-electron chi connectivity index (χ2n) is 3.41. The summed E-state index contributed by atoms with van der Waals surface area (Å²) in [5.41, 5.74) is 0. The molecule has 0 aromatic carbocycles. The molecule has 1 fully saturated rings. The summed E-state index contributed by atoms with van der Waals surface area (Å²) in [6, 6.07) is 0.486. The summed E-state index contributed by atoms with van der Waals surface area (Å²) < 4.78 is 0. The highest BCUT2D eigenvalue weighted by atomic mass is 16.4. The lowest BCUT2D eigenvalue weighted by atomic mass is 10.1. The molecule has 0 bridgehead atoms. The fraction of sp³-hybridized carbons (Fsp3) is 0.875. The Morgan fingerprint density at radius 1 is 1.64 bits per heavy atom. The third-order valence-electron chi connectivity index (χ3n) is 2.30. The first-order chi connectivity index (χ1) is 5.11. The topological polar surface area (TPSA) is 40.5 Å². The zero-order valence-corrected chi connectivity index (χ0v) is 7.08. The smallest absolute Gasteiger partial charge is 0.307 e. The van der Waals surface area contributed by atoms with Crippen molar-refractivity contribution in [1.82, 2.24) is 4.90 Å². The number of rotatable bonds is 2. The van der Waals surface area contributed by atoms with Gasteiger partial charge in [-0.1, -0.05) is 0 Å². The molecule has 0 radical (unpaired) electrons. The molecule has 0 saturated carbocycles. The van der Waals surface area contributed by atoms with Gasteiger partial charge in [-0.3, -0.25) is 4.79 Å². The fourth-order valence-electron chi connectivity index (χ4n) is 1.46. The summed E-state index contributed by atoms with van der Waals surface area (Å²) in [7, 11) is 0. The standard InChI is InChI=1S/C8H15NO2/c1-6(2)9-4-3-7(5-9)8(10)11/h6-7H,3-5H2,1-2H3,(H,10,11)/t7-/m1/s1. The van der Waals surface area contributed by atoms with E-state index in [9.17, 15) is 4.79 Å². The van der Waals surface area contributed by atoms with E-state index in [1.807, 2.05) is 0 Å². The summed E-state index contributed by atoms with van der Waals surface area (Å²) in [5, 5.41) is 8.69. The van der Waals surface area contributed by atoms with Gasteiger partial charge in [0, 0.05) is 12.6 Å². The van der Waals surface area contributed by atoms with Crippen LogP contribution in [0, 0.1) is 5.92 Å². The summed E-state index contributed by atoms with van der Waals surface area (Å²) >= 11 is 0. The van der Waals surface area contributed by atoms with E-state index in [4.69, 9.17) is 5.11 Å². The summed E-state index contributed by atoms with van der Waals surface area (Å²) in [6.07, 6.45) is 0.813. The van der Waals surface area contributed by atoms with Crippen molar-refractivity contribution < 1.29 is 9.90 Å². The lowest BCUT2D eigenvalue weighted by Crippen LogP contribution is -2.29. The Hall–Kier alpha value is -0.570. The van der Waals surface area contributed by atoms with Crippen LogP contribution in [0.1, 0.15) is 20.3 Å². The average molecular weight is 157 g/mol. The number of aliphatic carboxylic acids is 1. The van der Waals surface area contributed by atoms with Crippen molar-refractivity contribution in [3.05, 3.63) is 0 Å². The molecule has 0 aromatic heterocycles. The molecule has 1 heterocycles. The van der Waals surface area contributed by atoms with Crippen LogP contribution in [0.4, 0.5) is 0 Å². The van der Waals surface area contributed by atoms with E-state index in [2.05, 4.69) is 18.7 Å². The SMILES string of the molecule is CC(C)N1CC[C@@H](C(=O)O)C1. The molecular weight excluding hydrogens is 142 g/mol. The second kappa shape index (κ2) is 3.22. The van der Waals surface area contributed by atoms with E-state index in [1.165, 1.54) is 0 Å². The molecule has 0 spiro atoms. The van der Waals surface area contributed by atoms with E-state index < -0.39 is 5.97 Å². The molecule has 0 aliphatic carbocycles. The minimum Gasteiger partial charge on any atom is -0.481 e. The number of likely N-dealkylation sites (tertiary alicyclic amines) is 1. The second-order valence-corrected chi connectivity index (χ2v) is 3.41. The number of carboxylic acid groups (broad SMARTS) is 1. The first-order valence-electron chi connectivity index (χ1n) is 4.08. The maximum absolute atomic E-state index is 10.5. The predicted octanol–water partition coefficient (Wildman–Crippen LogP) is 0.801. The van der Waals surface area contributed by atoms with Crippen molar-refractivity contribution in [3.8, 4) is 0 Å². The van der Waals surface area contributed by atoms with Gasteiger partial charge in [0.2, 0.25) is 0 Å². The summed E-state index contributed by atoms with van der Waals surface area (Å²) in [4.78, 5) is 12.8. The average Bonchev–Trinajstić information content (AvgIpc) is 2.33. The molecule has 64 valence electrons. The first-order valence-corrected chi connectivity index (χ1v) is 4.08. The largest absolute Gasteiger partial charge is 0.481 e. The van der Waals surface area contributed by atoms with Crippen molar-refractivity contribution >= 4 is 5.97 Å². The minimum atomic E-state index is -0.645. The highest BCUT2D eigenvalue weighted by Gasteiger charge is 2.28. The first kappa shape index (κ1) is 8.53. The summed E-state index contributed by atoms with van der Waals surface area (Å²) in [6.45, 7) is 5.87. The zero-order chi connectivity index (χ0) is 8.43. The highest BCUT2D eigenvalue weighted by Crippen LogP contribution is 2.17.